The summed E-state index contributed by atoms with van der Waals surface area (Å²) in [6, 6.07) is 11.7. The summed E-state index contributed by atoms with van der Waals surface area (Å²) in [4.78, 5) is 31.2. The summed E-state index contributed by atoms with van der Waals surface area (Å²) in [6.45, 7) is 5.04. The summed E-state index contributed by atoms with van der Waals surface area (Å²) in [5.41, 5.74) is 1.83. The standard InChI is InChI=1S/C21H20Cl2N4O2/c1-3-27(4-2)21(29)26-16-11-12-24-19-13(16)7-5-10-17(19)25-20(28)18-14(22)8-6-9-15(18)23/h5-12H,3-4H2,1-2H3,(H,25,28)(H,24,26,29). The third kappa shape index (κ3) is 4.44. The van der Waals surface area contributed by atoms with E-state index in [0.29, 0.717) is 35.4 Å². The minimum Gasteiger partial charge on any atom is -0.325 e. The lowest BCUT2D eigenvalue weighted by Gasteiger charge is -2.20. The average Bonchev–Trinajstić information content (AvgIpc) is 2.69. The number of aromatic nitrogens is 1. The van der Waals surface area contributed by atoms with Gasteiger partial charge >= 0.3 is 6.03 Å². The van der Waals surface area contributed by atoms with Crippen molar-refractivity contribution < 1.29 is 9.59 Å². The zero-order chi connectivity index (χ0) is 21.0. The second kappa shape index (κ2) is 9.11. The van der Waals surface area contributed by atoms with Crippen LogP contribution in [0.5, 0.6) is 0 Å². The van der Waals surface area contributed by atoms with Crippen molar-refractivity contribution >= 4 is 57.4 Å². The molecule has 3 aromatic rings. The molecular formula is C21H20Cl2N4O2. The molecule has 2 N–H and O–H groups in total. The van der Waals surface area contributed by atoms with E-state index < -0.39 is 5.91 Å². The average molecular weight is 431 g/mol. The number of halogens is 2. The molecule has 2 aromatic carbocycles. The normalized spacial score (nSPS) is 10.6. The van der Waals surface area contributed by atoms with E-state index in [9.17, 15) is 9.59 Å². The lowest BCUT2D eigenvalue weighted by molar-refractivity contribution is 0.102. The first-order chi connectivity index (χ1) is 14.0. The molecule has 1 heterocycles. The molecule has 0 radical (unpaired) electrons. The zero-order valence-electron chi connectivity index (χ0n) is 16.0. The fraction of sp³-hybridized carbons (Fsp3) is 0.190. The number of carbonyl (C=O) groups is 2. The maximum absolute atomic E-state index is 12.7. The van der Waals surface area contributed by atoms with Gasteiger partial charge in [-0.1, -0.05) is 41.4 Å². The summed E-state index contributed by atoms with van der Waals surface area (Å²) >= 11 is 12.3. The van der Waals surface area contributed by atoms with Crippen LogP contribution in [0.3, 0.4) is 0 Å². The Morgan fingerprint density at radius 2 is 1.59 bits per heavy atom. The van der Waals surface area contributed by atoms with Gasteiger partial charge in [0.2, 0.25) is 0 Å². The van der Waals surface area contributed by atoms with Crippen LogP contribution in [0, 0.1) is 0 Å². The number of hydrogen-bond acceptors (Lipinski definition) is 3. The Kier molecular flexibility index (Phi) is 6.56. The summed E-state index contributed by atoms with van der Waals surface area (Å²) < 4.78 is 0. The maximum atomic E-state index is 12.7. The van der Waals surface area contributed by atoms with Crippen molar-refractivity contribution in [2.45, 2.75) is 13.8 Å². The van der Waals surface area contributed by atoms with Gasteiger partial charge in [0.15, 0.2) is 0 Å². The van der Waals surface area contributed by atoms with Crippen molar-refractivity contribution in [3.05, 3.63) is 64.3 Å². The molecule has 3 amide bonds. The molecule has 0 spiro atoms. The molecule has 0 unspecified atom stereocenters. The second-order valence-electron chi connectivity index (χ2n) is 6.21. The predicted octanol–water partition coefficient (Wildman–Crippen LogP) is 5.67. The molecule has 0 aliphatic carbocycles. The number of fused-ring (bicyclic) bond motifs is 1. The Labute approximate surface area is 178 Å². The molecule has 150 valence electrons. The Balaban J connectivity index is 1.95. The molecule has 6 nitrogen and oxygen atoms in total. The van der Waals surface area contributed by atoms with E-state index in [1.807, 2.05) is 19.9 Å². The van der Waals surface area contributed by atoms with Gasteiger partial charge in [-0.15, -0.1) is 0 Å². The van der Waals surface area contributed by atoms with Gasteiger partial charge in [-0.3, -0.25) is 9.78 Å². The number of anilines is 2. The second-order valence-corrected chi connectivity index (χ2v) is 7.03. The monoisotopic (exact) mass is 430 g/mol. The van der Waals surface area contributed by atoms with Gasteiger partial charge in [0.1, 0.15) is 0 Å². The number of benzene rings is 2. The van der Waals surface area contributed by atoms with E-state index >= 15 is 0 Å². The minimum absolute atomic E-state index is 0.193. The van der Waals surface area contributed by atoms with Crippen LogP contribution in [0.4, 0.5) is 16.2 Å². The van der Waals surface area contributed by atoms with Gasteiger partial charge < -0.3 is 15.5 Å². The highest BCUT2D eigenvalue weighted by Crippen LogP contribution is 2.30. The number of pyridine rings is 1. The molecule has 1 aromatic heterocycles. The van der Waals surface area contributed by atoms with E-state index in [1.165, 1.54) is 0 Å². The number of nitrogens with zero attached hydrogens (tertiary/aromatic N) is 2. The van der Waals surface area contributed by atoms with Gasteiger partial charge in [-0.05, 0) is 38.1 Å². The van der Waals surface area contributed by atoms with Crippen molar-refractivity contribution in [3.8, 4) is 0 Å². The van der Waals surface area contributed by atoms with Crippen molar-refractivity contribution in [2.75, 3.05) is 23.7 Å². The van der Waals surface area contributed by atoms with Gasteiger partial charge in [0.05, 0.1) is 32.5 Å². The first-order valence-electron chi connectivity index (χ1n) is 9.15. The van der Waals surface area contributed by atoms with Crippen molar-refractivity contribution in [3.63, 3.8) is 0 Å². The van der Waals surface area contributed by atoms with Crippen molar-refractivity contribution in [1.82, 2.24) is 9.88 Å². The number of carbonyl (C=O) groups excluding carboxylic acids is 2. The number of para-hydroxylation sites is 1. The van der Waals surface area contributed by atoms with Gasteiger partial charge in [-0.25, -0.2) is 4.79 Å². The van der Waals surface area contributed by atoms with Gasteiger partial charge in [0.25, 0.3) is 5.91 Å². The molecule has 0 aliphatic rings. The molecular weight excluding hydrogens is 411 g/mol. The van der Waals surface area contributed by atoms with E-state index in [4.69, 9.17) is 23.2 Å². The SMILES string of the molecule is CCN(CC)C(=O)Nc1ccnc2c(NC(=O)c3c(Cl)cccc3Cl)cccc12. The molecule has 0 aliphatic heterocycles. The quantitative estimate of drug-likeness (QED) is 0.547. The van der Waals surface area contributed by atoms with Crippen LogP contribution >= 0.6 is 23.2 Å². The van der Waals surface area contributed by atoms with Crippen LogP contribution in [0.25, 0.3) is 10.9 Å². The smallest absolute Gasteiger partial charge is 0.321 e. The third-order valence-corrected chi connectivity index (χ3v) is 5.13. The van der Waals surface area contributed by atoms with Crippen LogP contribution < -0.4 is 10.6 Å². The predicted molar refractivity (Wildman–Crippen MR) is 118 cm³/mol. The Morgan fingerprint density at radius 1 is 0.931 bits per heavy atom. The zero-order valence-corrected chi connectivity index (χ0v) is 17.5. The summed E-state index contributed by atoms with van der Waals surface area (Å²) in [5.74, 6) is -0.438. The minimum atomic E-state index is -0.438. The van der Waals surface area contributed by atoms with Gasteiger partial charge in [-0.2, -0.15) is 0 Å². The van der Waals surface area contributed by atoms with E-state index in [-0.39, 0.29) is 21.6 Å². The van der Waals surface area contributed by atoms with E-state index in [0.717, 1.165) is 0 Å². The molecule has 0 atom stereocenters. The first kappa shape index (κ1) is 20.9. The van der Waals surface area contributed by atoms with Crippen LogP contribution in [-0.2, 0) is 0 Å². The molecule has 0 fully saturated rings. The Bertz CT molecular complexity index is 1050. The Morgan fingerprint density at radius 3 is 2.24 bits per heavy atom. The lowest BCUT2D eigenvalue weighted by Crippen LogP contribution is -2.34. The highest BCUT2D eigenvalue weighted by Gasteiger charge is 2.17. The number of nitrogens with one attached hydrogen (secondary N) is 2. The molecule has 8 heteroatoms. The third-order valence-electron chi connectivity index (χ3n) is 4.50. The summed E-state index contributed by atoms with van der Waals surface area (Å²) in [6.07, 6.45) is 1.58. The Hall–Kier alpha value is -2.83. The largest absolute Gasteiger partial charge is 0.325 e. The fourth-order valence-corrected chi connectivity index (χ4v) is 3.56. The topological polar surface area (TPSA) is 74.3 Å². The van der Waals surface area contributed by atoms with E-state index in [2.05, 4.69) is 15.6 Å². The highest BCUT2D eigenvalue weighted by molar-refractivity contribution is 6.40. The summed E-state index contributed by atoms with van der Waals surface area (Å²) in [5, 5.41) is 6.95. The van der Waals surface area contributed by atoms with Crippen LogP contribution in [0.15, 0.2) is 48.7 Å². The fourth-order valence-electron chi connectivity index (χ4n) is 2.99. The number of urea groups is 1. The van der Waals surface area contributed by atoms with Crippen molar-refractivity contribution in [1.29, 1.82) is 0 Å². The van der Waals surface area contributed by atoms with Crippen molar-refractivity contribution in [2.24, 2.45) is 0 Å². The van der Waals surface area contributed by atoms with Crippen LogP contribution in [-0.4, -0.2) is 34.9 Å². The molecule has 3 rings (SSSR count). The number of rotatable bonds is 5. The first-order valence-corrected chi connectivity index (χ1v) is 9.90. The lowest BCUT2D eigenvalue weighted by atomic mass is 10.1. The number of amides is 3. The molecule has 29 heavy (non-hydrogen) atoms. The highest BCUT2D eigenvalue weighted by atomic mass is 35.5. The molecule has 0 saturated heterocycles. The van der Waals surface area contributed by atoms with Crippen LogP contribution in [0.2, 0.25) is 10.0 Å². The summed E-state index contributed by atoms with van der Waals surface area (Å²) in [7, 11) is 0. The maximum Gasteiger partial charge on any atom is 0.321 e. The molecule has 0 saturated carbocycles. The van der Waals surface area contributed by atoms with E-state index in [1.54, 1.807) is 47.5 Å². The number of hydrogen-bond donors (Lipinski definition) is 2. The van der Waals surface area contributed by atoms with Gasteiger partial charge in [0, 0.05) is 24.7 Å². The molecule has 0 bridgehead atoms. The van der Waals surface area contributed by atoms with Crippen LogP contribution in [0.1, 0.15) is 24.2 Å².